The van der Waals surface area contributed by atoms with E-state index in [1.165, 1.54) is 9.75 Å². The first-order chi connectivity index (χ1) is 6.68. The monoisotopic (exact) mass is 207 g/mol. The van der Waals surface area contributed by atoms with Gasteiger partial charge in [0.25, 0.3) is 0 Å². The maximum absolute atomic E-state index is 6.12. The van der Waals surface area contributed by atoms with Crippen LogP contribution in [0, 0.1) is 6.92 Å². The van der Waals surface area contributed by atoms with Crippen LogP contribution < -0.4 is 5.73 Å². The quantitative estimate of drug-likeness (QED) is 0.816. The van der Waals surface area contributed by atoms with Crippen LogP contribution in [0.5, 0.6) is 0 Å². The zero-order valence-corrected chi connectivity index (χ0v) is 9.08. The summed E-state index contributed by atoms with van der Waals surface area (Å²) in [6, 6.07) is 4.12. The van der Waals surface area contributed by atoms with Gasteiger partial charge >= 0.3 is 0 Å². The maximum atomic E-state index is 6.12. The van der Waals surface area contributed by atoms with Gasteiger partial charge in [-0.1, -0.05) is 0 Å². The Morgan fingerprint density at radius 1 is 1.50 bits per heavy atom. The molecule has 0 aliphatic rings. The molecule has 2 rings (SSSR count). The van der Waals surface area contributed by atoms with Crippen molar-refractivity contribution in [2.24, 2.45) is 12.8 Å². The Balaban J connectivity index is 2.33. The number of hydrogen-bond donors (Lipinski definition) is 1. The van der Waals surface area contributed by atoms with E-state index >= 15 is 0 Å². The van der Waals surface area contributed by atoms with E-state index in [2.05, 4.69) is 24.0 Å². The van der Waals surface area contributed by atoms with Gasteiger partial charge in [0.1, 0.15) is 0 Å². The van der Waals surface area contributed by atoms with Crippen LogP contribution in [0.25, 0.3) is 0 Å². The summed E-state index contributed by atoms with van der Waals surface area (Å²) in [5.41, 5.74) is 7.17. The van der Waals surface area contributed by atoms with E-state index in [-0.39, 0.29) is 6.04 Å². The normalized spacial score (nSPS) is 13.1. The lowest BCUT2D eigenvalue weighted by atomic mass is 10.2. The molecule has 0 fully saturated rings. The molecule has 4 heteroatoms. The molecule has 1 unspecified atom stereocenters. The first-order valence-electron chi connectivity index (χ1n) is 4.46. The van der Waals surface area contributed by atoms with E-state index in [4.69, 9.17) is 5.73 Å². The van der Waals surface area contributed by atoms with E-state index in [1.807, 2.05) is 17.8 Å². The predicted molar refractivity (Wildman–Crippen MR) is 58.3 cm³/mol. The summed E-state index contributed by atoms with van der Waals surface area (Å²) < 4.78 is 1.96. The molecular weight excluding hydrogens is 194 g/mol. The Morgan fingerprint density at radius 2 is 2.29 bits per heavy atom. The Bertz CT molecular complexity index is 430. The van der Waals surface area contributed by atoms with Crippen molar-refractivity contribution in [3.8, 4) is 0 Å². The molecular formula is C10H13N3S. The molecule has 1 atom stereocenters. The Labute approximate surface area is 87.2 Å². The molecule has 2 heterocycles. The molecule has 0 radical (unpaired) electrons. The molecule has 14 heavy (non-hydrogen) atoms. The molecule has 0 aliphatic carbocycles. The van der Waals surface area contributed by atoms with E-state index in [0.29, 0.717) is 0 Å². The number of nitrogens with two attached hydrogens (primary N) is 1. The second kappa shape index (κ2) is 3.55. The highest BCUT2D eigenvalue weighted by Crippen LogP contribution is 2.25. The van der Waals surface area contributed by atoms with Crippen molar-refractivity contribution in [2.45, 2.75) is 13.0 Å². The summed E-state index contributed by atoms with van der Waals surface area (Å²) >= 11 is 1.74. The fraction of sp³-hybridized carbons (Fsp3) is 0.300. The third kappa shape index (κ3) is 1.58. The van der Waals surface area contributed by atoms with Crippen molar-refractivity contribution >= 4 is 11.3 Å². The summed E-state index contributed by atoms with van der Waals surface area (Å²) in [6.45, 7) is 2.09. The molecule has 0 aromatic carbocycles. The van der Waals surface area contributed by atoms with Crippen molar-refractivity contribution in [3.05, 3.63) is 40.1 Å². The van der Waals surface area contributed by atoms with Crippen LogP contribution in [0.2, 0.25) is 0 Å². The second-order valence-electron chi connectivity index (χ2n) is 3.36. The summed E-state index contributed by atoms with van der Waals surface area (Å²) in [5, 5.41) is 0. The molecule has 2 aromatic heterocycles. The van der Waals surface area contributed by atoms with E-state index in [1.54, 1.807) is 17.7 Å². The minimum Gasteiger partial charge on any atom is -0.336 e. The van der Waals surface area contributed by atoms with Crippen molar-refractivity contribution in [1.29, 1.82) is 0 Å². The van der Waals surface area contributed by atoms with Gasteiger partial charge in [0, 0.05) is 16.8 Å². The van der Waals surface area contributed by atoms with Crippen LogP contribution in [-0.4, -0.2) is 9.55 Å². The van der Waals surface area contributed by atoms with Gasteiger partial charge in [0.05, 0.1) is 24.3 Å². The van der Waals surface area contributed by atoms with Crippen molar-refractivity contribution in [2.75, 3.05) is 0 Å². The average molecular weight is 207 g/mol. The Kier molecular flexibility index (Phi) is 2.39. The molecule has 0 amide bonds. The zero-order chi connectivity index (χ0) is 10.1. The first kappa shape index (κ1) is 9.43. The fourth-order valence-corrected chi connectivity index (χ4v) is 2.33. The molecule has 2 aromatic rings. The van der Waals surface area contributed by atoms with Crippen LogP contribution in [0.1, 0.15) is 21.5 Å². The molecule has 0 aliphatic heterocycles. The number of aromatic nitrogens is 2. The van der Waals surface area contributed by atoms with E-state index in [9.17, 15) is 0 Å². The van der Waals surface area contributed by atoms with Gasteiger partial charge in [-0.3, -0.25) is 0 Å². The highest BCUT2D eigenvalue weighted by Gasteiger charge is 2.13. The van der Waals surface area contributed by atoms with E-state index in [0.717, 1.165) is 5.69 Å². The molecule has 0 bridgehead atoms. The summed E-state index contributed by atoms with van der Waals surface area (Å²) in [6.07, 6.45) is 3.59. The van der Waals surface area contributed by atoms with Crippen molar-refractivity contribution < 1.29 is 0 Å². The smallest absolute Gasteiger partial charge is 0.0946 e. The Hall–Kier alpha value is -1.13. The van der Waals surface area contributed by atoms with Gasteiger partial charge in [-0.2, -0.15) is 0 Å². The average Bonchev–Trinajstić information content (AvgIpc) is 2.73. The lowest BCUT2D eigenvalue weighted by Crippen LogP contribution is -2.13. The standard InChI is InChI=1S/C10H13N3S/c1-7-3-4-9(14-7)10(11)8-5-12-6-13(8)2/h3-6,10H,11H2,1-2H3. The van der Waals surface area contributed by atoms with Crippen molar-refractivity contribution in [1.82, 2.24) is 9.55 Å². The summed E-state index contributed by atoms with van der Waals surface area (Å²) in [5.74, 6) is 0. The Morgan fingerprint density at radius 3 is 2.79 bits per heavy atom. The predicted octanol–water partition coefficient (Wildman–Crippen LogP) is 1.84. The number of thiophene rings is 1. The molecule has 74 valence electrons. The lowest BCUT2D eigenvalue weighted by molar-refractivity contribution is 0.755. The highest BCUT2D eigenvalue weighted by atomic mass is 32.1. The van der Waals surface area contributed by atoms with Gasteiger partial charge in [-0.25, -0.2) is 4.98 Å². The van der Waals surface area contributed by atoms with Crippen LogP contribution in [0.4, 0.5) is 0 Å². The minimum atomic E-state index is -0.0544. The van der Waals surface area contributed by atoms with Crippen LogP contribution in [0.3, 0.4) is 0 Å². The van der Waals surface area contributed by atoms with E-state index < -0.39 is 0 Å². The van der Waals surface area contributed by atoms with Crippen LogP contribution in [0.15, 0.2) is 24.7 Å². The fourth-order valence-electron chi connectivity index (χ4n) is 1.43. The summed E-state index contributed by atoms with van der Waals surface area (Å²) in [4.78, 5) is 6.54. The zero-order valence-electron chi connectivity index (χ0n) is 8.27. The maximum Gasteiger partial charge on any atom is 0.0946 e. The molecule has 0 saturated carbocycles. The number of nitrogens with zero attached hydrogens (tertiary/aromatic N) is 2. The molecule has 2 N–H and O–H groups in total. The van der Waals surface area contributed by atoms with Crippen LogP contribution in [-0.2, 0) is 7.05 Å². The van der Waals surface area contributed by atoms with Gasteiger partial charge in [-0.15, -0.1) is 11.3 Å². The third-order valence-corrected chi connectivity index (χ3v) is 3.32. The number of hydrogen-bond acceptors (Lipinski definition) is 3. The van der Waals surface area contributed by atoms with Crippen LogP contribution >= 0.6 is 11.3 Å². The van der Waals surface area contributed by atoms with Gasteiger partial charge in [0.2, 0.25) is 0 Å². The van der Waals surface area contributed by atoms with Gasteiger partial charge in [0.15, 0.2) is 0 Å². The SMILES string of the molecule is Cc1ccc(C(N)c2cncn2C)s1. The first-order valence-corrected chi connectivity index (χ1v) is 5.28. The third-order valence-electron chi connectivity index (χ3n) is 2.24. The number of rotatable bonds is 2. The number of imidazole rings is 1. The van der Waals surface area contributed by atoms with Gasteiger partial charge < -0.3 is 10.3 Å². The lowest BCUT2D eigenvalue weighted by Gasteiger charge is -2.09. The number of aryl methyl sites for hydroxylation is 2. The highest BCUT2D eigenvalue weighted by molar-refractivity contribution is 7.12. The summed E-state index contributed by atoms with van der Waals surface area (Å²) in [7, 11) is 1.96. The molecule has 0 spiro atoms. The van der Waals surface area contributed by atoms with Crippen molar-refractivity contribution in [3.63, 3.8) is 0 Å². The second-order valence-corrected chi connectivity index (χ2v) is 4.67. The van der Waals surface area contributed by atoms with Gasteiger partial charge in [-0.05, 0) is 19.1 Å². The largest absolute Gasteiger partial charge is 0.336 e. The molecule has 0 saturated heterocycles. The molecule has 3 nitrogen and oxygen atoms in total. The topological polar surface area (TPSA) is 43.8 Å². The minimum absolute atomic E-state index is 0.0544.